The summed E-state index contributed by atoms with van der Waals surface area (Å²) in [5.41, 5.74) is 9.33. The molecule has 2 heteroatoms. The van der Waals surface area contributed by atoms with Gasteiger partial charge in [0.25, 0.3) is 0 Å². The molecular formula is C34H26NO+. The molecule has 0 N–H and O–H groups in total. The van der Waals surface area contributed by atoms with Gasteiger partial charge in [0.15, 0.2) is 0 Å². The van der Waals surface area contributed by atoms with E-state index in [9.17, 15) is 0 Å². The number of benzene rings is 4. The van der Waals surface area contributed by atoms with Crippen LogP contribution < -0.4 is 0 Å². The van der Waals surface area contributed by atoms with Gasteiger partial charge in [-0.1, -0.05) is 91.0 Å². The lowest BCUT2D eigenvalue weighted by Gasteiger charge is -2.18. The monoisotopic (exact) mass is 464 g/mol. The molecule has 2 aliphatic heterocycles. The molecule has 172 valence electrons. The van der Waals surface area contributed by atoms with Crippen molar-refractivity contribution in [1.29, 1.82) is 0 Å². The molecule has 4 aromatic rings. The van der Waals surface area contributed by atoms with E-state index >= 15 is 0 Å². The van der Waals surface area contributed by atoms with Gasteiger partial charge >= 0.3 is 0 Å². The van der Waals surface area contributed by atoms with Crippen molar-refractivity contribution >= 4 is 28.3 Å². The fourth-order valence-corrected chi connectivity index (χ4v) is 4.85. The van der Waals surface area contributed by atoms with E-state index in [-0.39, 0.29) is 0 Å². The lowest BCUT2D eigenvalue weighted by molar-refractivity contribution is -0.400. The molecule has 2 aliphatic rings. The fraction of sp³-hybridized carbons (Fsp3) is 0.0294. The third kappa shape index (κ3) is 4.14. The first kappa shape index (κ1) is 21.8. The molecule has 0 saturated heterocycles. The van der Waals surface area contributed by atoms with Crippen LogP contribution in [0.1, 0.15) is 22.3 Å². The summed E-state index contributed by atoms with van der Waals surface area (Å²) < 4.78 is 8.69. The highest BCUT2D eigenvalue weighted by Gasteiger charge is 2.32. The van der Waals surface area contributed by atoms with Crippen LogP contribution in [0.15, 0.2) is 145 Å². The average Bonchev–Trinajstić information content (AvgIpc) is 3.24. The third-order valence-electron chi connectivity index (χ3n) is 6.59. The van der Waals surface area contributed by atoms with Crippen LogP contribution in [0.25, 0.3) is 16.9 Å². The molecule has 2 heterocycles. The molecule has 4 aromatic carbocycles. The Morgan fingerprint density at radius 3 is 1.86 bits per heavy atom. The van der Waals surface area contributed by atoms with Crippen molar-refractivity contribution in [2.24, 2.45) is 0 Å². The van der Waals surface area contributed by atoms with Crippen LogP contribution in [0.3, 0.4) is 0 Å². The highest BCUT2D eigenvalue weighted by Crippen LogP contribution is 2.37. The minimum atomic E-state index is 0.808. The Labute approximate surface area is 212 Å². The molecule has 0 radical (unpaired) electrons. The fourth-order valence-electron chi connectivity index (χ4n) is 4.85. The van der Waals surface area contributed by atoms with Crippen LogP contribution in [-0.2, 0) is 4.74 Å². The SMILES string of the molecule is C[N+]1=C(c2ccccc2)C(=CC=C2C=C(c3ccccc3)C=C(c3ccccc3)O2)c2ccccc21. The molecule has 0 aromatic heterocycles. The number of fused-ring (bicyclic) bond motifs is 1. The van der Waals surface area contributed by atoms with Crippen LogP contribution in [-0.4, -0.2) is 17.3 Å². The zero-order valence-corrected chi connectivity index (χ0v) is 20.1. The van der Waals surface area contributed by atoms with Gasteiger partial charge in [-0.25, -0.2) is 0 Å². The summed E-state index contributed by atoms with van der Waals surface area (Å²) in [4.78, 5) is 0. The van der Waals surface area contributed by atoms with Crippen LogP contribution in [0.2, 0.25) is 0 Å². The van der Waals surface area contributed by atoms with Crippen LogP contribution in [0.4, 0.5) is 5.69 Å². The van der Waals surface area contributed by atoms with Crippen molar-refractivity contribution in [2.45, 2.75) is 0 Å². The zero-order chi connectivity index (χ0) is 24.3. The number of hydrogen-bond donors (Lipinski definition) is 0. The lowest BCUT2D eigenvalue weighted by Crippen LogP contribution is -2.09. The Morgan fingerprint density at radius 2 is 1.17 bits per heavy atom. The average molecular weight is 465 g/mol. The van der Waals surface area contributed by atoms with E-state index in [4.69, 9.17) is 4.74 Å². The topological polar surface area (TPSA) is 12.2 Å². The minimum absolute atomic E-state index is 0.808. The molecule has 0 saturated carbocycles. The molecule has 0 bridgehead atoms. The number of para-hydroxylation sites is 1. The lowest BCUT2D eigenvalue weighted by atomic mass is 9.97. The number of allylic oxidation sites excluding steroid dienone is 6. The summed E-state index contributed by atoms with van der Waals surface area (Å²) in [5, 5.41) is 0. The molecule has 0 fully saturated rings. The predicted molar refractivity (Wildman–Crippen MR) is 149 cm³/mol. The molecule has 0 atom stereocenters. The molecular weight excluding hydrogens is 438 g/mol. The second kappa shape index (κ2) is 9.52. The van der Waals surface area contributed by atoms with E-state index in [0.29, 0.717) is 0 Å². The highest BCUT2D eigenvalue weighted by molar-refractivity contribution is 6.32. The van der Waals surface area contributed by atoms with Gasteiger partial charge in [-0.3, -0.25) is 0 Å². The van der Waals surface area contributed by atoms with Crippen molar-refractivity contribution < 1.29 is 9.31 Å². The third-order valence-corrected chi connectivity index (χ3v) is 6.59. The van der Waals surface area contributed by atoms with Gasteiger partial charge in [0.05, 0.1) is 11.1 Å². The van der Waals surface area contributed by atoms with Gasteiger partial charge in [0, 0.05) is 17.2 Å². The molecule has 0 spiro atoms. The standard InChI is InChI=1S/C34H26NO/c1-35-32-20-12-11-19-30(32)31(34(35)27-17-9-4-10-18-27)22-21-29-23-28(25-13-5-2-6-14-25)24-33(36-29)26-15-7-3-8-16-26/h2-24H,1H3/q+1. The van der Waals surface area contributed by atoms with Gasteiger partial charge in [0.1, 0.15) is 18.6 Å². The maximum atomic E-state index is 6.42. The Hall–Kier alpha value is -4.69. The van der Waals surface area contributed by atoms with Gasteiger partial charge in [-0.05, 0) is 53.6 Å². The largest absolute Gasteiger partial charge is 0.457 e. The van der Waals surface area contributed by atoms with Crippen molar-refractivity contribution in [3.8, 4) is 0 Å². The predicted octanol–water partition coefficient (Wildman–Crippen LogP) is 7.89. The molecule has 0 amide bonds. The van der Waals surface area contributed by atoms with Crippen molar-refractivity contribution in [3.63, 3.8) is 0 Å². The Morgan fingerprint density at radius 1 is 0.583 bits per heavy atom. The van der Waals surface area contributed by atoms with Gasteiger partial charge in [0.2, 0.25) is 11.4 Å². The van der Waals surface area contributed by atoms with Gasteiger partial charge < -0.3 is 4.74 Å². The second-order valence-corrected chi connectivity index (χ2v) is 8.88. The van der Waals surface area contributed by atoms with Crippen molar-refractivity contribution in [1.82, 2.24) is 0 Å². The highest BCUT2D eigenvalue weighted by atomic mass is 16.5. The van der Waals surface area contributed by atoms with E-state index in [2.05, 4.69) is 127 Å². The zero-order valence-electron chi connectivity index (χ0n) is 20.1. The maximum absolute atomic E-state index is 6.42. The maximum Gasteiger partial charge on any atom is 0.220 e. The second-order valence-electron chi connectivity index (χ2n) is 8.88. The van der Waals surface area contributed by atoms with E-state index in [1.807, 2.05) is 24.3 Å². The van der Waals surface area contributed by atoms with Gasteiger partial charge in [-0.2, -0.15) is 4.58 Å². The first-order chi connectivity index (χ1) is 17.8. The Balaban J connectivity index is 1.47. The minimum Gasteiger partial charge on any atom is -0.457 e. The van der Waals surface area contributed by atoms with Crippen LogP contribution in [0, 0.1) is 0 Å². The smallest absolute Gasteiger partial charge is 0.220 e. The van der Waals surface area contributed by atoms with Crippen molar-refractivity contribution in [3.05, 3.63) is 168 Å². The number of nitrogens with zero attached hydrogens (tertiary/aromatic N) is 1. The normalized spacial score (nSPS) is 17.0. The van der Waals surface area contributed by atoms with Crippen molar-refractivity contribution in [2.75, 3.05) is 7.05 Å². The number of rotatable bonds is 4. The summed E-state index contributed by atoms with van der Waals surface area (Å²) in [6.07, 6.45) is 8.51. The molecule has 2 nitrogen and oxygen atoms in total. The summed E-state index contributed by atoms with van der Waals surface area (Å²) >= 11 is 0. The van der Waals surface area contributed by atoms with Crippen LogP contribution in [0.5, 0.6) is 0 Å². The molecule has 6 rings (SSSR count). The Bertz CT molecular complexity index is 1570. The van der Waals surface area contributed by atoms with Crippen LogP contribution >= 0.6 is 0 Å². The van der Waals surface area contributed by atoms with E-state index in [1.54, 1.807) is 0 Å². The molecule has 0 unspecified atom stereocenters. The Kier molecular flexibility index (Phi) is 5.77. The quantitative estimate of drug-likeness (QED) is 0.280. The van der Waals surface area contributed by atoms with E-state index in [1.165, 1.54) is 28.1 Å². The first-order valence-corrected chi connectivity index (χ1v) is 12.2. The summed E-state index contributed by atoms with van der Waals surface area (Å²) in [7, 11) is 2.13. The first-order valence-electron chi connectivity index (χ1n) is 12.2. The number of ether oxygens (including phenoxy) is 1. The summed E-state index contributed by atoms with van der Waals surface area (Å²) in [6.45, 7) is 0. The van der Waals surface area contributed by atoms with E-state index < -0.39 is 0 Å². The summed E-state index contributed by atoms with van der Waals surface area (Å²) in [6, 6.07) is 39.8. The summed E-state index contributed by atoms with van der Waals surface area (Å²) in [5.74, 6) is 1.65. The van der Waals surface area contributed by atoms with E-state index in [0.717, 1.165) is 28.2 Å². The van der Waals surface area contributed by atoms with Gasteiger partial charge in [-0.15, -0.1) is 0 Å². The molecule has 0 aliphatic carbocycles. The number of hydrogen-bond acceptors (Lipinski definition) is 1. The molecule has 36 heavy (non-hydrogen) atoms.